The van der Waals surface area contributed by atoms with Gasteiger partial charge >= 0.3 is 5.97 Å². The molecule has 4 aliphatic heterocycles. The van der Waals surface area contributed by atoms with Crippen molar-refractivity contribution >= 4 is 23.4 Å². The number of alkyl halides is 1. The molecule has 5 rings (SSSR count). The van der Waals surface area contributed by atoms with Crippen molar-refractivity contribution in [2.45, 2.75) is 166 Å². The molecule has 1 aliphatic carbocycles. The number of aliphatic hydroxyl groups excluding tert-OH is 1. The van der Waals surface area contributed by atoms with E-state index in [-0.39, 0.29) is 56.1 Å². The fourth-order valence-electron chi connectivity index (χ4n) is 10.6. The average molecular weight is 879 g/mol. The van der Waals surface area contributed by atoms with Gasteiger partial charge in [-0.1, -0.05) is 39.8 Å². The highest BCUT2D eigenvalue weighted by molar-refractivity contribution is 6.39. The van der Waals surface area contributed by atoms with Crippen molar-refractivity contribution < 1.29 is 62.2 Å². The van der Waals surface area contributed by atoms with E-state index >= 15 is 4.39 Å². The molecule has 5 aliphatic rings. The number of cyclic esters (lactones) is 1. The number of hydrogen-bond acceptors (Lipinski definition) is 13. The Morgan fingerprint density at radius 3 is 2.24 bits per heavy atom. The lowest BCUT2D eigenvalue weighted by molar-refractivity contribution is -0.302. The van der Waals surface area contributed by atoms with Crippen molar-refractivity contribution in [1.29, 1.82) is 0 Å². The van der Waals surface area contributed by atoms with Crippen LogP contribution in [0.4, 0.5) is 4.39 Å². The number of nitrogens with zero attached hydrogens (tertiary/aromatic N) is 2. The molecule has 0 radical (unpaired) electrons. The molecule has 0 aromatic heterocycles. The summed E-state index contributed by atoms with van der Waals surface area (Å²) in [5, 5.41) is 23.9. The molecule has 14 nitrogen and oxygen atoms in total. The Morgan fingerprint density at radius 2 is 1.60 bits per heavy atom. The van der Waals surface area contributed by atoms with Gasteiger partial charge in [0.05, 0.1) is 37.6 Å². The molecule has 352 valence electrons. The standard InChI is InChI=1S/C47H75FN2O12/c1-10-33-22-27(2)41(48)28(3)23-39(58-8)43-40(59-9)24-30(5)47(56,62-43)44(53)45(54)50-16-12-11-13-35(50)46(55)61-42(31(6)36(51)26-37(33)52)29(4)21-32-14-15-34(38(25-32)57-7)49-17-19-60-20-18-49/h21-22,28,30-36,38-43,51,56H,10-20,23-26H2,1-9H3/b27-22+,29-21?. The third-order valence-corrected chi connectivity index (χ3v) is 14.6. The topological polar surface area (TPSA) is 171 Å². The smallest absolute Gasteiger partial charge is 0.329 e. The summed E-state index contributed by atoms with van der Waals surface area (Å²) >= 11 is 0. The quantitative estimate of drug-likeness (QED) is 0.204. The lowest BCUT2D eigenvalue weighted by Gasteiger charge is -2.47. The molecule has 0 aromatic carbocycles. The molecule has 2 N–H and O–H groups in total. The van der Waals surface area contributed by atoms with Gasteiger partial charge in [0.25, 0.3) is 11.7 Å². The summed E-state index contributed by atoms with van der Waals surface area (Å²) in [5.74, 6) is -8.83. The lowest BCUT2D eigenvalue weighted by Crippen LogP contribution is -2.64. The third kappa shape index (κ3) is 11.4. The SMILES string of the molecule is CCC1/C=C(\C)C(F)C(C)CC(OC)C2OC(O)(C(=O)C(=O)N3CCCCC3C(=O)OC(C(C)=CC3CCC(N4CCOCC4)C(OC)C3)C(C)C(O)CC1=O)C(C)CC2OC. The molecule has 3 saturated heterocycles. The van der Waals surface area contributed by atoms with E-state index < -0.39 is 89.9 Å². The minimum absolute atomic E-state index is 0.0300. The Kier molecular flexibility index (Phi) is 18.3. The maximum atomic E-state index is 16.3. The number of rotatable bonds is 7. The summed E-state index contributed by atoms with van der Waals surface area (Å²) in [6, 6.07) is -0.909. The monoisotopic (exact) mass is 879 g/mol. The number of ketones is 2. The number of carbonyl (C=O) groups is 4. The highest BCUT2D eigenvalue weighted by Gasteiger charge is 2.57. The van der Waals surface area contributed by atoms with Crippen LogP contribution < -0.4 is 0 Å². The first-order valence-corrected chi connectivity index (χ1v) is 23.1. The number of amides is 1. The maximum absolute atomic E-state index is 16.3. The fraction of sp³-hybridized carbons (Fsp3) is 0.830. The van der Waals surface area contributed by atoms with E-state index in [0.717, 1.165) is 32.4 Å². The summed E-state index contributed by atoms with van der Waals surface area (Å²) in [4.78, 5) is 60.6. The van der Waals surface area contributed by atoms with Gasteiger partial charge in [0.1, 0.15) is 30.2 Å². The number of Topliss-reactive ketones (excluding diaryl/α,β-unsaturated/α-hetero) is 2. The van der Waals surface area contributed by atoms with Crippen LogP contribution in [0.5, 0.6) is 0 Å². The molecule has 4 heterocycles. The van der Waals surface area contributed by atoms with Crippen LogP contribution >= 0.6 is 0 Å². The zero-order valence-electron chi connectivity index (χ0n) is 38.6. The van der Waals surface area contributed by atoms with Crippen LogP contribution in [0, 0.1) is 29.6 Å². The minimum atomic E-state index is -2.59. The molecular formula is C47H75FN2O12. The molecule has 15 atom stereocenters. The van der Waals surface area contributed by atoms with Gasteiger partial charge in [-0.25, -0.2) is 9.18 Å². The predicted molar refractivity (Wildman–Crippen MR) is 229 cm³/mol. The van der Waals surface area contributed by atoms with E-state index in [0.29, 0.717) is 43.6 Å². The van der Waals surface area contributed by atoms with Gasteiger partial charge in [-0.05, 0) is 94.6 Å². The molecule has 15 heteroatoms. The van der Waals surface area contributed by atoms with E-state index in [9.17, 15) is 29.4 Å². The predicted octanol–water partition coefficient (Wildman–Crippen LogP) is 4.76. The maximum Gasteiger partial charge on any atom is 0.329 e. The van der Waals surface area contributed by atoms with Crippen LogP contribution in [-0.2, 0) is 47.6 Å². The number of carbonyl (C=O) groups excluding carboxylic acids is 4. The normalized spacial score (nSPS) is 41.7. The van der Waals surface area contributed by atoms with Crippen molar-refractivity contribution in [2.24, 2.45) is 29.6 Å². The number of aliphatic hydroxyl groups is 2. The summed E-state index contributed by atoms with van der Waals surface area (Å²) < 4.78 is 52.0. The number of piperidine rings is 1. The first-order valence-electron chi connectivity index (χ1n) is 23.1. The Labute approximate surface area is 368 Å². The molecule has 2 bridgehead atoms. The van der Waals surface area contributed by atoms with Gasteiger partial charge in [0.15, 0.2) is 0 Å². The molecule has 1 saturated carbocycles. The molecule has 4 fully saturated rings. The van der Waals surface area contributed by atoms with Crippen molar-refractivity contribution in [3.63, 3.8) is 0 Å². The van der Waals surface area contributed by atoms with Crippen LogP contribution in [0.2, 0.25) is 0 Å². The number of fused-ring (bicyclic) bond motifs is 3. The molecule has 15 unspecified atom stereocenters. The van der Waals surface area contributed by atoms with Crippen LogP contribution in [0.3, 0.4) is 0 Å². The van der Waals surface area contributed by atoms with Gasteiger partial charge in [0, 0.05) is 71.2 Å². The molecular weight excluding hydrogens is 804 g/mol. The number of halogens is 1. The third-order valence-electron chi connectivity index (χ3n) is 14.6. The highest BCUT2D eigenvalue weighted by atomic mass is 19.1. The largest absolute Gasteiger partial charge is 0.456 e. The number of morpholine rings is 1. The first-order chi connectivity index (χ1) is 29.5. The van der Waals surface area contributed by atoms with Gasteiger partial charge in [-0.3, -0.25) is 19.3 Å². The van der Waals surface area contributed by atoms with Crippen molar-refractivity contribution in [3.05, 3.63) is 23.3 Å². The fourth-order valence-corrected chi connectivity index (χ4v) is 10.6. The number of esters is 1. The Bertz CT molecular complexity index is 1600. The second-order valence-electron chi connectivity index (χ2n) is 18.8. The zero-order chi connectivity index (χ0) is 45.5. The Balaban J connectivity index is 1.51. The summed E-state index contributed by atoms with van der Waals surface area (Å²) in [6.45, 7) is 13.5. The first kappa shape index (κ1) is 50.4. The van der Waals surface area contributed by atoms with E-state index in [2.05, 4.69) is 11.0 Å². The van der Waals surface area contributed by atoms with Crippen molar-refractivity contribution in [1.82, 2.24) is 9.80 Å². The van der Waals surface area contributed by atoms with E-state index in [1.807, 2.05) is 13.8 Å². The summed E-state index contributed by atoms with van der Waals surface area (Å²) in [7, 11) is 4.63. The Hall–Kier alpha value is -2.63. The molecule has 0 spiro atoms. The summed E-state index contributed by atoms with van der Waals surface area (Å²) in [5.41, 5.74) is 1.03. The average Bonchev–Trinajstić information content (AvgIpc) is 3.28. The van der Waals surface area contributed by atoms with Crippen LogP contribution in [0.1, 0.15) is 106 Å². The van der Waals surface area contributed by atoms with E-state index in [1.54, 1.807) is 40.9 Å². The molecule has 0 aromatic rings. The number of methoxy groups -OCH3 is 3. The zero-order valence-corrected chi connectivity index (χ0v) is 38.6. The summed E-state index contributed by atoms with van der Waals surface area (Å²) in [6.07, 6.45) is 1.52. The van der Waals surface area contributed by atoms with Gasteiger partial charge in [0.2, 0.25) is 5.79 Å². The van der Waals surface area contributed by atoms with Gasteiger partial charge < -0.3 is 43.5 Å². The second kappa shape index (κ2) is 22.5. The van der Waals surface area contributed by atoms with Crippen molar-refractivity contribution in [3.8, 4) is 0 Å². The van der Waals surface area contributed by atoms with Crippen LogP contribution in [0.15, 0.2) is 23.3 Å². The van der Waals surface area contributed by atoms with Gasteiger partial charge in [-0.15, -0.1) is 0 Å². The number of hydrogen-bond donors (Lipinski definition) is 2. The molecule has 62 heavy (non-hydrogen) atoms. The molecule has 1 amide bonds. The highest BCUT2D eigenvalue weighted by Crippen LogP contribution is 2.40. The van der Waals surface area contributed by atoms with E-state index in [4.69, 9.17) is 28.4 Å². The second-order valence-corrected chi connectivity index (χ2v) is 18.8. The number of allylic oxidation sites excluding steroid dienone is 3. The van der Waals surface area contributed by atoms with E-state index in [1.165, 1.54) is 19.1 Å². The minimum Gasteiger partial charge on any atom is -0.456 e. The van der Waals surface area contributed by atoms with Crippen LogP contribution in [0.25, 0.3) is 0 Å². The Morgan fingerprint density at radius 1 is 0.935 bits per heavy atom. The number of ether oxygens (including phenoxy) is 6. The van der Waals surface area contributed by atoms with Gasteiger partial charge in [-0.2, -0.15) is 0 Å². The van der Waals surface area contributed by atoms with Crippen molar-refractivity contribution in [2.75, 3.05) is 54.2 Å². The lowest BCUT2D eigenvalue weighted by atomic mass is 9.80. The van der Waals surface area contributed by atoms with Crippen LogP contribution in [-0.4, -0.2) is 158 Å².